The molecule has 0 N–H and O–H groups in total. The second-order valence-electron chi connectivity index (χ2n) is 6.60. The Morgan fingerprint density at radius 2 is 1.30 bits per heavy atom. The van der Waals surface area contributed by atoms with Crippen LogP contribution in [0.3, 0.4) is 0 Å². The Hall–Kier alpha value is -2.46. The highest BCUT2D eigenvalue weighted by atomic mass is 32.1. The zero-order valence-electron chi connectivity index (χ0n) is 14.3. The van der Waals surface area contributed by atoms with Gasteiger partial charge in [-0.3, -0.25) is 0 Å². The number of hydrogen-bond donors (Lipinski definition) is 0. The summed E-state index contributed by atoms with van der Waals surface area (Å²) in [6.07, 6.45) is 0. The number of thiophene rings is 3. The van der Waals surface area contributed by atoms with Gasteiger partial charge in [-0.25, -0.2) is 0 Å². The lowest BCUT2D eigenvalue weighted by atomic mass is 10.0. The molecular weight excluding hydrogens is 384 g/mol. The fourth-order valence-corrected chi connectivity index (χ4v) is 7.21. The molecule has 0 fully saturated rings. The van der Waals surface area contributed by atoms with E-state index in [1.807, 2.05) is 34.0 Å². The molecule has 0 saturated heterocycles. The van der Waals surface area contributed by atoms with Gasteiger partial charge in [0.2, 0.25) is 0 Å². The van der Waals surface area contributed by atoms with Crippen molar-refractivity contribution >= 4 is 64.3 Å². The molecule has 3 heterocycles. The number of benzene rings is 3. The first-order valence-electron chi connectivity index (χ1n) is 8.85. The Balaban J connectivity index is 1.71. The van der Waals surface area contributed by atoms with Crippen molar-refractivity contribution < 1.29 is 0 Å². The van der Waals surface area contributed by atoms with Crippen LogP contribution in [0.1, 0.15) is 0 Å². The lowest BCUT2D eigenvalue weighted by molar-refractivity contribution is 1.82. The first-order chi connectivity index (χ1) is 13.4. The predicted octanol–water partition coefficient (Wildman–Crippen LogP) is 8.66. The van der Waals surface area contributed by atoms with E-state index >= 15 is 0 Å². The van der Waals surface area contributed by atoms with Crippen LogP contribution in [0.2, 0.25) is 0 Å². The summed E-state index contributed by atoms with van der Waals surface area (Å²) in [7, 11) is 0. The van der Waals surface area contributed by atoms with Crippen molar-refractivity contribution in [2.75, 3.05) is 0 Å². The van der Waals surface area contributed by atoms with E-state index in [0.29, 0.717) is 0 Å². The summed E-state index contributed by atoms with van der Waals surface area (Å²) in [6.45, 7) is 0. The van der Waals surface area contributed by atoms with Gasteiger partial charge in [-0.1, -0.05) is 54.6 Å². The van der Waals surface area contributed by atoms with Crippen LogP contribution in [0.15, 0.2) is 84.2 Å². The standard InChI is InChI=1S/C24H14S3/c1-4-10-19-15(7-1)13-22(26-19)23-17-9-3-6-12-21(17)27-24(23)18-14-25-20-11-5-2-8-16(18)20/h1-14H. The van der Waals surface area contributed by atoms with Gasteiger partial charge in [-0.2, -0.15) is 0 Å². The third-order valence-electron chi connectivity index (χ3n) is 4.99. The van der Waals surface area contributed by atoms with Crippen LogP contribution in [0.25, 0.3) is 51.1 Å². The molecule has 0 atom stereocenters. The van der Waals surface area contributed by atoms with Crippen LogP contribution in [0.4, 0.5) is 0 Å². The van der Waals surface area contributed by atoms with E-state index in [0.717, 1.165) is 0 Å². The summed E-state index contributed by atoms with van der Waals surface area (Å²) in [5, 5.41) is 6.37. The Kier molecular flexibility index (Phi) is 3.48. The van der Waals surface area contributed by atoms with E-state index < -0.39 is 0 Å². The third-order valence-corrected chi connectivity index (χ3v) is 8.29. The van der Waals surface area contributed by atoms with E-state index in [1.54, 1.807) is 0 Å². The zero-order valence-corrected chi connectivity index (χ0v) is 16.8. The molecule has 0 saturated carbocycles. The predicted molar refractivity (Wildman–Crippen MR) is 123 cm³/mol. The summed E-state index contributed by atoms with van der Waals surface area (Å²) in [5.41, 5.74) is 2.75. The molecule has 27 heavy (non-hydrogen) atoms. The highest BCUT2D eigenvalue weighted by Crippen LogP contribution is 2.50. The summed E-state index contributed by atoms with van der Waals surface area (Å²) >= 11 is 5.65. The first kappa shape index (κ1) is 15.6. The van der Waals surface area contributed by atoms with E-state index in [4.69, 9.17) is 0 Å². The fraction of sp³-hybridized carbons (Fsp3) is 0. The topological polar surface area (TPSA) is 0 Å². The first-order valence-corrected chi connectivity index (χ1v) is 11.4. The summed E-state index contributed by atoms with van der Waals surface area (Å²) in [5.74, 6) is 0. The van der Waals surface area contributed by atoms with Crippen molar-refractivity contribution in [3.63, 3.8) is 0 Å². The van der Waals surface area contributed by atoms with Gasteiger partial charge >= 0.3 is 0 Å². The molecule has 0 aliphatic heterocycles. The van der Waals surface area contributed by atoms with Crippen molar-refractivity contribution in [2.24, 2.45) is 0 Å². The van der Waals surface area contributed by atoms with Crippen LogP contribution in [-0.2, 0) is 0 Å². The molecule has 6 aromatic rings. The smallest absolute Gasteiger partial charge is 0.0456 e. The van der Waals surface area contributed by atoms with Crippen LogP contribution < -0.4 is 0 Å². The van der Waals surface area contributed by atoms with Gasteiger partial charge in [0, 0.05) is 51.1 Å². The maximum Gasteiger partial charge on any atom is 0.0456 e. The molecular formula is C24H14S3. The van der Waals surface area contributed by atoms with Gasteiger partial charge in [0.15, 0.2) is 0 Å². The molecule has 0 bridgehead atoms. The number of rotatable bonds is 2. The summed E-state index contributed by atoms with van der Waals surface area (Å²) < 4.78 is 4.06. The van der Waals surface area contributed by atoms with E-state index in [9.17, 15) is 0 Å². The highest BCUT2D eigenvalue weighted by molar-refractivity contribution is 7.26. The lowest BCUT2D eigenvalue weighted by Gasteiger charge is -2.02. The maximum atomic E-state index is 2.35. The summed E-state index contributed by atoms with van der Waals surface area (Å²) in [4.78, 5) is 2.75. The maximum absolute atomic E-state index is 2.35. The van der Waals surface area contributed by atoms with Crippen LogP contribution in [0, 0.1) is 0 Å². The minimum atomic E-state index is 1.33. The Morgan fingerprint density at radius 3 is 2.15 bits per heavy atom. The van der Waals surface area contributed by atoms with E-state index in [1.165, 1.54) is 51.1 Å². The summed E-state index contributed by atoms with van der Waals surface area (Å²) in [6, 6.07) is 28.6. The molecule has 0 aliphatic carbocycles. The molecule has 3 aromatic heterocycles. The molecule has 128 valence electrons. The lowest BCUT2D eigenvalue weighted by Crippen LogP contribution is -1.76. The van der Waals surface area contributed by atoms with Crippen LogP contribution >= 0.6 is 34.0 Å². The second-order valence-corrected chi connectivity index (χ2v) is 9.64. The van der Waals surface area contributed by atoms with Crippen molar-refractivity contribution in [1.82, 2.24) is 0 Å². The van der Waals surface area contributed by atoms with Crippen molar-refractivity contribution in [2.45, 2.75) is 0 Å². The molecule has 0 aliphatic rings. The van der Waals surface area contributed by atoms with Crippen LogP contribution in [-0.4, -0.2) is 0 Å². The SMILES string of the molecule is c1ccc2sc(-c3c(-c4csc5ccccc45)sc4ccccc34)cc2c1. The third kappa shape index (κ3) is 2.39. The van der Waals surface area contributed by atoms with Crippen molar-refractivity contribution in [3.8, 4) is 20.9 Å². The Bertz CT molecular complexity index is 1400. The van der Waals surface area contributed by atoms with Gasteiger partial charge in [0.1, 0.15) is 0 Å². The van der Waals surface area contributed by atoms with Gasteiger partial charge in [-0.05, 0) is 29.7 Å². The average molecular weight is 399 g/mol. The Labute approximate surface area is 169 Å². The second kappa shape index (κ2) is 6.03. The molecule has 6 rings (SSSR count). The van der Waals surface area contributed by atoms with Gasteiger partial charge in [0.05, 0.1) is 0 Å². The molecule has 0 spiro atoms. The van der Waals surface area contributed by atoms with Gasteiger partial charge in [-0.15, -0.1) is 34.0 Å². The van der Waals surface area contributed by atoms with Gasteiger partial charge in [0.25, 0.3) is 0 Å². The average Bonchev–Trinajstić information content (AvgIpc) is 3.41. The van der Waals surface area contributed by atoms with E-state index in [-0.39, 0.29) is 0 Å². The minimum absolute atomic E-state index is 1.33. The van der Waals surface area contributed by atoms with Crippen molar-refractivity contribution in [1.29, 1.82) is 0 Å². The molecule has 3 heteroatoms. The Morgan fingerprint density at radius 1 is 0.593 bits per heavy atom. The number of hydrogen-bond acceptors (Lipinski definition) is 3. The molecule has 0 unspecified atom stereocenters. The largest absolute Gasteiger partial charge is 0.143 e. The molecule has 0 amide bonds. The molecule has 0 radical (unpaired) electrons. The van der Waals surface area contributed by atoms with E-state index in [2.05, 4.69) is 84.2 Å². The zero-order chi connectivity index (χ0) is 17.8. The van der Waals surface area contributed by atoms with Crippen LogP contribution in [0.5, 0.6) is 0 Å². The number of fused-ring (bicyclic) bond motifs is 3. The monoisotopic (exact) mass is 398 g/mol. The fourth-order valence-electron chi connectivity index (χ4n) is 3.74. The van der Waals surface area contributed by atoms with Crippen molar-refractivity contribution in [3.05, 3.63) is 84.2 Å². The normalized spacial score (nSPS) is 11.7. The quantitative estimate of drug-likeness (QED) is 0.274. The minimum Gasteiger partial charge on any atom is -0.143 e. The van der Waals surface area contributed by atoms with Gasteiger partial charge < -0.3 is 0 Å². The molecule has 3 aromatic carbocycles. The highest BCUT2D eigenvalue weighted by Gasteiger charge is 2.19. The molecule has 0 nitrogen and oxygen atoms in total.